The van der Waals surface area contributed by atoms with Crippen molar-refractivity contribution in [3.05, 3.63) is 48.2 Å². The lowest BCUT2D eigenvalue weighted by Gasteiger charge is -1.97. The normalized spacial score (nSPS) is 10.0. The van der Waals surface area contributed by atoms with Crippen molar-refractivity contribution in [3.63, 3.8) is 0 Å². The topological polar surface area (TPSA) is 32.9 Å². The number of H-pyrrole nitrogens is 1. The number of nitrogens with one attached hydrogen (secondary N) is 1. The predicted molar refractivity (Wildman–Crippen MR) is 57.9 cm³/mol. The lowest BCUT2D eigenvalue weighted by Crippen LogP contribution is -1.87. The maximum absolute atomic E-state index is 10.9. The molecule has 2 nitrogen and oxygen atoms in total. The molecule has 0 saturated heterocycles. The minimum atomic E-state index is -0.330. The van der Waals surface area contributed by atoms with Gasteiger partial charge in [-0.3, -0.25) is 0 Å². The number of carbonyl (C=O) groups is 1. The van der Waals surface area contributed by atoms with Crippen molar-refractivity contribution in [2.75, 3.05) is 0 Å². The number of hydrogen-bond donors (Lipinski definition) is 1. The Kier molecular flexibility index (Phi) is 2.33. The van der Waals surface area contributed by atoms with Crippen LogP contribution in [0.15, 0.2) is 42.6 Å². The average Bonchev–Trinajstić information content (AvgIpc) is 2.68. The average molecular weight is 202 g/mol. The highest BCUT2D eigenvalue weighted by atomic mass is 32.1. The van der Waals surface area contributed by atoms with Gasteiger partial charge >= 0.3 is 0 Å². The summed E-state index contributed by atoms with van der Waals surface area (Å²) in [7, 11) is 0. The summed E-state index contributed by atoms with van der Waals surface area (Å²) >= 11 is 4.55. The van der Waals surface area contributed by atoms with Gasteiger partial charge in [0, 0.05) is 22.6 Å². The highest BCUT2D eigenvalue weighted by molar-refractivity contribution is 7.77. The molecule has 1 heterocycles. The molecule has 1 aromatic heterocycles. The van der Waals surface area contributed by atoms with Gasteiger partial charge in [-0.2, -0.15) is 0 Å². The third-order valence-corrected chi connectivity index (χ3v) is 2.24. The lowest BCUT2D eigenvalue weighted by atomic mass is 10.1. The van der Waals surface area contributed by atoms with Crippen LogP contribution >= 0.6 is 0 Å². The van der Waals surface area contributed by atoms with Gasteiger partial charge in [-0.1, -0.05) is 30.3 Å². The summed E-state index contributed by atoms with van der Waals surface area (Å²) in [6, 6.07) is 11.6. The number of benzene rings is 1. The Labute approximate surface area is 87.4 Å². The van der Waals surface area contributed by atoms with Gasteiger partial charge in [0.1, 0.15) is 0 Å². The first kappa shape index (κ1) is 8.97. The third-order valence-electron chi connectivity index (χ3n) is 2.00. The summed E-state index contributed by atoms with van der Waals surface area (Å²) in [4.78, 5) is 13.9. The van der Waals surface area contributed by atoms with E-state index < -0.39 is 0 Å². The van der Waals surface area contributed by atoms with E-state index in [1.165, 1.54) is 0 Å². The van der Waals surface area contributed by atoms with Crippen LogP contribution in [0.5, 0.6) is 0 Å². The van der Waals surface area contributed by atoms with Crippen molar-refractivity contribution >= 4 is 17.7 Å². The van der Waals surface area contributed by atoms with Gasteiger partial charge in [0.15, 0.2) is 0 Å². The number of carbonyl (C=O) groups excluding carboxylic acids is 1. The lowest BCUT2D eigenvalue weighted by molar-refractivity contribution is 0.109. The van der Waals surface area contributed by atoms with Gasteiger partial charge in [0.2, 0.25) is 0 Å². The van der Waals surface area contributed by atoms with Crippen LogP contribution in [0.2, 0.25) is 0 Å². The number of aromatic nitrogens is 1. The van der Waals surface area contributed by atoms with E-state index in [1.54, 1.807) is 12.3 Å². The van der Waals surface area contributed by atoms with E-state index in [-0.39, 0.29) is 5.12 Å². The molecule has 0 amide bonds. The van der Waals surface area contributed by atoms with Crippen molar-refractivity contribution in [2.45, 2.75) is 0 Å². The van der Waals surface area contributed by atoms with Gasteiger partial charge in [0.25, 0.3) is 0 Å². The molecular weight excluding hydrogens is 194 g/mol. The second-order valence-electron chi connectivity index (χ2n) is 2.96. The second kappa shape index (κ2) is 3.64. The first-order valence-corrected chi connectivity index (χ1v) is 4.63. The van der Waals surface area contributed by atoms with E-state index >= 15 is 0 Å². The second-order valence-corrected chi connectivity index (χ2v) is 3.33. The van der Waals surface area contributed by atoms with Gasteiger partial charge < -0.3 is 22.4 Å². The zero-order chi connectivity index (χ0) is 9.97. The van der Waals surface area contributed by atoms with Crippen LogP contribution in [-0.2, 0) is 12.6 Å². The largest absolute Gasteiger partial charge is 0.737 e. The fourth-order valence-corrected chi connectivity index (χ4v) is 1.41. The molecule has 0 aliphatic rings. The van der Waals surface area contributed by atoms with Crippen LogP contribution in [0.4, 0.5) is 0 Å². The summed E-state index contributed by atoms with van der Waals surface area (Å²) in [5, 5.41) is -0.330. The molecule has 1 aromatic carbocycles. The number of rotatable bonds is 2. The van der Waals surface area contributed by atoms with Crippen molar-refractivity contribution in [1.82, 2.24) is 4.98 Å². The van der Waals surface area contributed by atoms with Crippen LogP contribution in [0.3, 0.4) is 0 Å². The minimum Gasteiger partial charge on any atom is -0.737 e. The van der Waals surface area contributed by atoms with E-state index in [9.17, 15) is 4.79 Å². The van der Waals surface area contributed by atoms with Crippen molar-refractivity contribution in [3.8, 4) is 11.3 Å². The Bertz CT molecular complexity index is 447. The fraction of sp³-hybridized carbons (Fsp3) is 0. The summed E-state index contributed by atoms with van der Waals surface area (Å²) < 4.78 is 0. The summed E-state index contributed by atoms with van der Waals surface area (Å²) in [5.74, 6) is 0. The van der Waals surface area contributed by atoms with Gasteiger partial charge in [-0.15, -0.1) is 0 Å². The molecule has 0 spiro atoms. The monoisotopic (exact) mass is 202 g/mol. The van der Waals surface area contributed by atoms with E-state index in [1.807, 2.05) is 30.3 Å². The fourth-order valence-electron chi connectivity index (χ4n) is 1.30. The Morgan fingerprint density at radius 2 is 1.93 bits per heavy atom. The van der Waals surface area contributed by atoms with E-state index in [2.05, 4.69) is 17.6 Å². The van der Waals surface area contributed by atoms with E-state index in [0.717, 1.165) is 11.3 Å². The molecule has 0 fully saturated rings. The van der Waals surface area contributed by atoms with Crippen LogP contribution in [0.25, 0.3) is 11.3 Å². The maximum Gasteiger partial charge on any atom is 0.0460 e. The molecular formula is C11H8NOS-. The van der Waals surface area contributed by atoms with Gasteiger partial charge in [-0.05, 0) is 11.6 Å². The molecule has 0 unspecified atom stereocenters. The predicted octanol–water partition coefficient (Wildman–Crippen LogP) is 2.37. The van der Waals surface area contributed by atoms with Crippen LogP contribution in [0.1, 0.15) is 10.4 Å². The molecule has 0 radical (unpaired) electrons. The highest BCUT2D eigenvalue weighted by Crippen LogP contribution is 2.18. The number of aromatic amines is 1. The minimum absolute atomic E-state index is 0.330. The number of hydrogen-bond acceptors (Lipinski definition) is 2. The van der Waals surface area contributed by atoms with E-state index in [0.29, 0.717) is 5.56 Å². The van der Waals surface area contributed by atoms with Gasteiger partial charge in [0.05, 0.1) is 0 Å². The zero-order valence-electron chi connectivity index (χ0n) is 7.36. The van der Waals surface area contributed by atoms with Crippen molar-refractivity contribution < 1.29 is 4.79 Å². The summed E-state index contributed by atoms with van der Waals surface area (Å²) in [6.45, 7) is 0. The van der Waals surface area contributed by atoms with Gasteiger partial charge in [-0.25, -0.2) is 0 Å². The molecule has 0 aliphatic carbocycles. The van der Waals surface area contributed by atoms with E-state index in [4.69, 9.17) is 0 Å². The van der Waals surface area contributed by atoms with Crippen LogP contribution in [-0.4, -0.2) is 10.1 Å². The molecule has 0 aliphatic heterocycles. The molecule has 0 bridgehead atoms. The zero-order valence-corrected chi connectivity index (χ0v) is 8.17. The smallest absolute Gasteiger partial charge is 0.0460 e. The Balaban J connectivity index is 2.39. The molecule has 2 aromatic rings. The van der Waals surface area contributed by atoms with Crippen molar-refractivity contribution in [1.29, 1.82) is 0 Å². The SMILES string of the molecule is O=C([S-])c1c[nH]c(-c2ccccc2)c1. The maximum atomic E-state index is 10.9. The Morgan fingerprint density at radius 1 is 1.21 bits per heavy atom. The Hall–Kier alpha value is -1.61. The third kappa shape index (κ3) is 1.67. The first-order valence-electron chi connectivity index (χ1n) is 4.22. The molecule has 70 valence electrons. The van der Waals surface area contributed by atoms with Crippen molar-refractivity contribution in [2.24, 2.45) is 0 Å². The Morgan fingerprint density at radius 3 is 2.50 bits per heavy atom. The molecule has 3 heteroatoms. The summed E-state index contributed by atoms with van der Waals surface area (Å²) in [6.07, 6.45) is 1.64. The molecule has 14 heavy (non-hydrogen) atoms. The van der Waals surface area contributed by atoms with Crippen LogP contribution < -0.4 is 0 Å². The molecule has 2 rings (SSSR count). The summed E-state index contributed by atoms with van der Waals surface area (Å²) in [5.41, 5.74) is 2.51. The molecule has 1 N–H and O–H groups in total. The van der Waals surface area contributed by atoms with Crippen LogP contribution in [0, 0.1) is 0 Å². The quantitative estimate of drug-likeness (QED) is 0.758. The first-order chi connectivity index (χ1) is 6.77. The standard InChI is InChI=1S/C11H9NOS/c13-11(14)9-6-10(12-7-9)8-4-2-1-3-5-8/h1-7,12H,(H,13,14)/p-1. The molecule has 0 saturated carbocycles. The highest BCUT2D eigenvalue weighted by Gasteiger charge is 2.00. The molecule has 0 atom stereocenters.